The Bertz CT molecular complexity index is 537. The molecule has 140 valence electrons. The van der Waals surface area contributed by atoms with Crippen LogP contribution in [0, 0.1) is 0 Å². The van der Waals surface area contributed by atoms with Crippen LogP contribution >= 0.6 is 11.6 Å². The van der Waals surface area contributed by atoms with Crippen LogP contribution in [0.4, 0.5) is 0 Å². The number of piperazine rings is 1. The maximum atomic E-state index is 5.97. The van der Waals surface area contributed by atoms with E-state index < -0.39 is 0 Å². The molecule has 0 aromatic heterocycles. The van der Waals surface area contributed by atoms with Crippen LogP contribution in [0.1, 0.15) is 19.4 Å². The second kappa shape index (κ2) is 10.00. The molecule has 1 unspecified atom stereocenters. The van der Waals surface area contributed by atoms with Gasteiger partial charge in [-0.25, -0.2) is 0 Å². The van der Waals surface area contributed by atoms with E-state index in [9.17, 15) is 0 Å². The first-order valence-corrected chi connectivity index (χ1v) is 9.54. The molecule has 0 radical (unpaired) electrons. The lowest BCUT2D eigenvalue weighted by atomic mass is 10.2. The van der Waals surface area contributed by atoms with Crippen LogP contribution in [-0.4, -0.2) is 80.1 Å². The zero-order valence-electron chi connectivity index (χ0n) is 16.0. The molecule has 1 aromatic carbocycles. The summed E-state index contributed by atoms with van der Waals surface area (Å²) in [5, 5.41) is 4.17. The van der Waals surface area contributed by atoms with Gasteiger partial charge in [-0.05, 0) is 38.6 Å². The molecule has 0 aliphatic carbocycles. The second-order valence-corrected chi connectivity index (χ2v) is 7.30. The summed E-state index contributed by atoms with van der Waals surface area (Å²) >= 11 is 5.97. The van der Waals surface area contributed by atoms with Crippen LogP contribution in [-0.2, 0) is 6.54 Å². The van der Waals surface area contributed by atoms with Crippen molar-refractivity contribution in [3.8, 4) is 0 Å². The molecule has 0 amide bonds. The van der Waals surface area contributed by atoms with Gasteiger partial charge in [0.25, 0.3) is 0 Å². The monoisotopic (exact) mass is 365 g/mol. The SMILES string of the molecule is CCNC(=NCC(C)N1CCN(C)CC1)N(C)Cc1ccc(Cl)cc1. The van der Waals surface area contributed by atoms with Crippen LogP contribution in [0.25, 0.3) is 0 Å². The molecule has 1 aliphatic rings. The predicted octanol–water partition coefficient (Wildman–Crippen LogP) is 2.37. The summed E-state index contributed by atoms with van der Waals surface area (Å²) in [5.41, 5.74) is 1.23. The van der Waals surface area contributed by atoms with Gasteiger partial charge in [0.05, 0.1) is 6.54 Å². The highest BCUT2D eigenvalue weighted by atomic mass is 35.5. The number of likely N-dealkylation sites (N-methyl/N-ethyl adjacent to an activating group) is 1. The highest BCUT2D eigenvalue weighted by Gasteiger charge is 2.19. The molecule has 25 heavy (non-hydrogen) atoms. The normalized spacial score (nSPS) is 18.2. The molecule has 1 heterocycles. The lowest BCUT2D eigenvalue weighted by molar-refractivity contribution is 0.122. The molecule has 1 aromatic rings. The summed E-state index contributed by atoms with van der Waals surface area (Å²) in [6, 6.07) is 8.46. The van der Waals surface area contributed by atoms with Crippen molar-refractivity contribution < 1.29 is 0 Å². The fraction of sp³-hybridized carbons (Fsp3) is 0.632. The van der Waals surface area contributed by atoms with Gasteiger partial charge >= 0.3 is 0 Å². The van der Waals surface area contributed by atoms with Gasteiger partial charge in [-0.15, -0.1) is 0 Å². The van der Waals surface area contributed by atoms with Gasteiger partial charge < -0.3 is 15.1 Å². The van der Waals surface area contributed by atoms with Crippen molar-refractivity contribution in [1.82, 2.24) is 20.0 Å². The third kappa shape index (κ3) is 6.49. The lowest BCUT2D eigenvalue weighted by Crippen LogP contribution is -2.49. The van der Waals surface area contributed by atoms with Crippen molar-refractivity contribution in [2.45, 2.75) is 26.4 Å². The van der Waals surface area contributed by atoms with Gasteiger partial charge in [0.2, 0.25) is 0 Å². The number of halogens is 1. The van der Waals surface area contributed by atoms with Crippen molar-refractivity contribution in [3.05, 3.63) is 34.9 Å². The predicted molar refractivity (Wildman–Crippen MR) is 107 cm³/mol. The first kappa shape index (κ1) is 20.0. The smallest absolute Gasteiger partial charge is 0.194 e. The van der Waals surface area contributed by atoms with E-state index in [2.05, 4.69) is 60.1 Å². The van der Waals surface area contributed by atoms with Gasteiger partial charge in [-0.3, -0.25) is 9.89 Å². The number of guanidine groups is 1. The quantitative estimate of drug-likeness (QED) is 0.620. The van der Waals surface area contributed by atoms with E-state index in [-0.39, 0.29) is 0 Å². The molecule has 1 aliphatic heterocycles. The zero-order chi connectivity index (χ0) is 18.2. The van der Waals surface area contributed by atoms with Gasteiger partial charge in [0.1, 0.15) is 0 Å². The Balaban J connectivity index is 1.93. The van der Waals surface area contributed by atoms with Crippen LogP contribution in [0.5, 0.6) is 0 Å². The van der Waals surface area contributed by atoms with Crippen molar-refractivity contribution in [2.75, 3.05) is 53.4 Å². The molecule has 1 atom stereocenters. The molecule has 0 saturated carbocycles. The Morgan fingerprint density at radius 1 is 1.24 bits per heavy atom. The number of rotatable bonds is 6. The summed E-state index contributed by atoms with van der Waals surface area (Å²) in [5.74, 6) is 0.957. The second-order valence-electron chi connectivity index (χ2n) is 6.87. The zero-order valence-corrected chi connectivity index (χ0v) is 16.8. The molecule has 1 fully saturated rings. The number of hydrogen-bond donors (Lipinski definition) is 1. The van der Waals surface area contributed by atoms with Gasteiger partial charge in [-0.2, -0.15) is 0 Å². The lowest BCUT2D eigenvalue weighted by Gasteiger charge is -2.36. The van der Waals surface area contributed by atoms with Crippen molar-refractivity contribution in [2.24, 2.45) is 4.99 Å². The largest absolute Gasteiger partial charge is 0.357 e. The first-order chi connectivity index (χ1) is 12.0. The average molecular weight is 366 g/mol. The molecule has 6 heteroatoms. The minimum atomic E-state index is 0.464. The van der Waals surface area contributed by atoms with E-state index in [1.165, 1.54) is 5.56 Å². The maximum Gasteiger partial charge on any atom is 0.194 e. The molecule has 0 spiro atoms. The van der Waals surface area contributed by atoms with Crippen LogP contribution in [0.3, 0.4) is 0 Å². The van der Waals surface area contributed by atoms with Gasteiger partial charge in [0, 0.05) is 57.4 Å². The third-order valence-corrected chi connectivity index (χ3v) is 4.95. The number of nitrogens with one attached hydrogen (secondary N) is 1. The van der Waals surface area contributed by atoms with E-state index >= 15 is 0 Å². The Labute approximate surface area is 157 Å². The van der Waals surface area contributed by atoms with Gasteiger partial charge in [0.15, 0.2) is 5.96 Å². The molecule has 0 bridgehead atoms. The topological polar surface area (TPSA) is 34.1 Å². The summed E-state index contributed by atoms with van der Waals surface area (Å²) in [6.07, 6.45) is 0. The number of benzene rings is 1. The third-order valence-electron chi connectivity index (χ3n) is 4.70. The van der Waals surface area contributed by atoms with Crippen LogP contribution < -0.4 is 5.32 Å². The Hall–Kier alpha value is -1.30. The summed E-state index contributed by atoms with van der Waals surface area (Å²) < 4.78 is 0. The Morgan fingerprint density at radius 2 is 1.88 bits per heavy atom. The molecule has 1 N–H and O–H groups in total. The van der Waals surface area contributed by atoms with Crippen molar-refractivity contribution in [3.63, 3.8) is 0 Å². The molecular formula is C19H32ClN5. The van der Waals surface area contributed by atoms with Crippen LogP contribution in [0.15, 0.2) is 29.3 Å². The van der Waals surface area contributed by atoms with Crippen LogP contribution in [0.2, 0.25) is 5.02 Å². The van der Waals surface area contributed by atoms with E-state index in [1.807, 2.05) is 12.1 Å². The maximum absolute atomic E-state index is 5.97. The van der Waals surface area contributed by atoms with E-state index in [1.54, 1.807) is 0 Å². The number of nitrogens with zero attached hydrogens (tertiary/aromatic N) is 4. The fourth-order valence-corrected chi connectivity index (χ4v) is 3.13. The highest BCUT2D eigenvalue weighted by Crippen LogP contribution is 2.11. The number of aliphatic imine (C=N–C) groups is 1. The minimum Gasteiger partial charge on any atom is -0.357 e. The summed E-state index contributed by atoms with van der Waals surface area (Å²) in [6.45, 7) is 11.4. The molecule has 5 nitrogen and oxygen atoms in total. The molecule has 2 rings (SSSR count). The fourth-order valence-electron chi connectivity index (χ4n) is 3.00. The Morgan fingerprint density at radius 3 is 2.48 bits per heavy atom. The number of hydrogen-bond acceptors (Lipinski definition) is 3. The van der Waals surface area contributed by atoms with E-state index in [0.29, 0.717) is 6.04 Å². The first-order valence-electron chi connectivity index (χ1n) is 9.16. The standard InChI is InChI=1S/C19H32ClN5/c1-5-21-19(24(4)15-17-6-8-18(20)9-7-17)22-14-16(2)25-12-10-23(3)11-13-25/h6-9,16H,5,10-15H2,1-4H3,(H,21,22). The van der Waals surface area contributed by atoms with E-state index in [4.69, 9.17) is 16.6 Å². The molecule has 1 saturated heterocycles. The summed E-state index contributed by atoms with van der Waals surface area (Å²) in [7, 11) is 4.27. The highest BCUT2D eigenvalue weighted by molar-refractivity contribution is 6.30. The molecular weight excluding hydrogens is 334 g/mol. The van der Waals surface area contributed by atoms with Crippen molar-refractivity contribution >= 4 is 17.6 Å². The van der Waals surface area contributed by atoms with E-state index in [0.717, 1.165) is 56.8 Å². The Kier molecular flexibility index (Phi) is 8.00. The summed E-state index contributed by atoms with van der Waals surface area (Å²) in [4.78, 5) is 12.0. The minimum absolute atomic E-state index is 0.464. The van der Waals surface area contributed by atoms with Gasteiger partial charge in [-0.1, -0.05) is 23.7 Å². The van der Waals surface area contributed by atoms with Crippen molar-refractivity contribution in [1.29, 1.82) is 0 Å². The average Bonchev–Trinajstić information content (AvgIpc) is 2.60.